The average molecular weight is 727 g/mol. The summed E-state index contributed by atoms with van der Waals surface area (Å²) >= 11 is 0. The lowest BCUT2D eigenvalue weighted by atomic mass is 9.44. The van der Waals surface area contributed by atoms with Gasteiger partial charge in [0.1, 0.15) is 48.8 Å². The third-order valence-corrected chi connectivity index (χ3v) is 15.8. The summed E-state index contributed by atoms with van der Waals surface area (Å²) in [5.41, 5.74) is 0.480. The number of hydrogen-bond donors (Lipinski definition) is 7. The molecule has 4 saturated carbocycles. The summed E-state index contributed by atoms with van der Waals surface area (Å²) < 4.78 is 36.9. The Labute approximate surface area is 300 Å². The summed E-state index contributed by atoms with van der Waals surface area (Å²) in [5, 5.41) is 72.7. The van der Waals surface area contributed by atoms with Gasteiger partial charge in [-0.05, 0) is 105 Å². The summed E-state index contributed by atoms with van der Waals surface area (Å²) in [7, 11) is 0. The molecular weight excluding hydrogens is 664 g/mol. The molecule has 292 valence electrons. The van der Waals surface area contributed by atoms with Gasteiger partial charge >= 0.3 is 0 Å². The first-order chi connectivity index (χ1) is 24.3. The molecule has 8 aliphatic rings. The first kappa shape index (κ1) is 37.4. The monoisotopic (exact) mass is 726 g/mol. The van der Waals surface area contributed by atoms with E-state index in [-0.39, 0.29) is 22.7 Å². The van der Waals surface area contributed by atoms with Crippen LogP contribution in [0.5, 0.6) is 0 Å². The highest BCUT2D eigenvalue weighted by atomic mass is 16.7. The molecule has 4 aliphatic carbocycles. The molecule has 1 spiro atoms. The molecule has 0 amide bonds. The van der Waals surface area contributed by atoms with Gasteiger partial charge in [-0.15, -0.1) is 0 Å². The molecule has 7 N–H and O–H groups in total. The largest absolute Gasteiger partial charge is 0.394 e. The summed E-state index contributed by atoms with van der Waals surface area (Å²) in [6.07, 6.45) is -2.46. The lowest BCUT2D eigenvalue weighted by molar-refractivity contribution is -0.364. The van der Waals surface area contributed by atoms with Crippen molar-refractivity contribution in [2.45, 2.75) is 171 Å². The Hall–Kier alpha value is -0.520. The van der Waals surface area contributed by atoms with Crippen LogP contribution < -0.4 is 0 Å². The van der Waals surface area contributed by atoms with Gasteiger partial charge in [0.05, 0.1) is 32.0 Å². The fraction of sp³-hybridized carbons (Fsp3) is 1.00. The normalized spacial score (nSPS) is 58.5. The number of aliphatic hydroxyl groups is 7. The Morgan fingerprint density at radius 3 is 2.12 bits per heavy atom. The molecule has 0 aromatic heterocycles. The minimum Gasteiger partial charge on any atom is -0.394 e. The molecular formula is C38H62O13. The molecule has 13 nitrogen and oxygen atoms in total. The Morgan fingerprint density at radius 1 is 0.686 bits per heavy atom. The van der Waals surface area contributed by atoms with E-state index in [0.29, 0.717) is 41.6 Å². The van der Waals surface area contributed by atoms with Crippen LogP contribution in [0.2, 0.25) is 0 Å². The SMILES string of the molecule is C[C@H]1[C@@H]2[C@H](C[C@@H]3[C@@H]4CC[C@H]5C[C@H](O[C@@H]6O[C@H](CO)[C@H](O[C@@H]7O[C@H](CO)[C@@H](O)[C@H](O)[C@H]7O)[C@H](O)[C@H]6O)CC[C@]5(C)[C@H]4CC[C@]23C)O[C@]12CCCCO2. The number of rotatable bonds is 6. The predicted molar refractivity (Wildman–Crippen MR) is 178 cm³/mol. The van der Waals surface area contributed by atoms with Gasteiger partial charge < -0.3 is 64.2 Å². The maximum Gasteiger partial charge on any atom is 0.187 e. The van der Waals surface area contributed by atoms with Crippen LogP contribution in [0.15, 0.2) is 0 Å². The summed E-state index contributed by atoms with van der Waals surface area (Å²) in [4.78, 5) is 0. The zero-order valence-corrected chi connectivity index (χ0v) is 30.4. The Kier molecular flexibility index (Phi) is 10.2. The summed E-state index contributed by atoms with van der Waals surface area (Å²) in [6.45, 7) is 7.06. The van der Waals surface area contributed by atoms with Crippen LogP contribution in [0.3, 0.4) is 0 Å². The standard InChI is InChI=1S/C38H62O13/c1-18-27-24(51-38(18)10-4-5-13-46-38)15-23-21-7-6-19-14-20(8-11-36(19,2)22(21)9-12-37(23,27)3)47-34-32(45)30(43)33(26(17-40)49-34)50-35-31(44)29(42)28(41)25(16-39)48-35/h18-35,39-45H,4-17H2,1-3H3/t18-,19-,20+,21+,22-,23+,24-,25+,26+,27+,28+,29-,30+,31+,32+,33-,34+,35-,36-,37-,38+/m0/s1. The Morgan fingerprint density at radius 2 is 1.39 bits per heavy atom. The second kappa shape index (κ2) is 13.9. The van der Waals surface area contributed by atoms with Crippen molar-refractivity contribution in [3.05, 3.63) is 0 Å². The zero-order chi connectivity index (χ0) is 36.0. The molecule has 51 heavy (non-hydrogen) atoms. The van der Waals surface area contributed by atoms with Gasteiger partial charge in [0, 0.05) is 12.3 Å². The van der Waals surface area contributed by atoms with Crippen LogP contribution in [-0.4, -0.2) is 135 Å². The second-order valence-corrected chi connectivity index (χ2v) is 18.1. The molecule has 8 fully saturated rings. The summed E-state index contributed by atoms with van der Waals surface area (Å²) in [5.74, 6) is 3.09. The van der Waals surface area contributed by atoms with Crippen molar-refractivity contribution < 1.29 is 64.2 Å². The third kappa shape index (κ3) is 5.90. The van der Waals surface area contributed by atoms with Gasteiger partial charge in [-0.1, -0.05) is 20.8 Å². The minimum atomic E-state index is -1.71. The molecule has 4 aliphatic heterocycles. The van der Waals surface area contributed by atoms with E-state index >= 15 is 0 Å². The fourth-order valence-electron chi connectivity index (χ4n) is 13.1. The molecule has 8 rings (SSSR count). The molecule has 0 aromatic carbocycles. The fourth-order valence-corrected chi connectivity index (χ4v) is 13.1. The van der Waals surface area contributed by atoms with E-state index in [4.69, 9.17) is 28.4 Å². The molecule has 21 atom stereocenters. The number of ether oxygens (including phenoxy) is 6. The van der Waals surface area contributed by atoms with Crippen LogP contribution in [0.25, 0.3) is 0 Å². The predicted octanol–water partition coefficient (Wildman–Crippen LogP) is 1.20. The minimum absolute atomic E-state index is 0.186. The van der Waals surface area contributed by atoms with E-state index < -0.39 is 74.6 Å². The van der Waals surface area contributed by atoms with Crippen molar-refractivity contribution in [1.82, 2.24) is 0 Å². The number of fused-ring (bicyclic) bond motifs is 7. The van der Waals surface area contributed by atoms with Gasteiger partial charge in [-0.3, -0.25) is 0 Å². The highest BCUT2D eigenvalue weighted by Crippen LogP contribution is 2.71. The Bertz CT molecular complexity index is 1230. The van der Waals surface area contributed by atoms with Crippen LogP contribution in [0, 0.1) is 46.3 Å². The van der Waals surface area contributed by atoms with Crippen molar-refractivity contribution in [3.8, 4) is 0 Å². The van der Waals surface area contributed by atoms with Gasteiger partial charge in [-0.2, -0.15) is 0 Å². The zero-order valence-electron chi connectivity index (χ0n) is 30.4. The highest BCUT2D eigenvalue weighted by molar-refractivity contribution is 5.15. The maximum atomic E-state index is 11.1. The lowest BCUT2D eigenvalue weighted by Crippen LogP contribution is -2.65. The lowest BCUT2D eigenvalue weighted by Gasteiger charge is -2.61. The topological polar surface area (TPSA) is 197 Å². The maximum absolute atomic E-state index is 11.1. The quantitative estimate of drug-likeness (QED) is 0.193. The van der Waals surface area contributed by atoms with Crippen molar-refractivity contribution in [2.75, 3.05) is 19.8 Å². The first-order valence-electron chi connectivity index (χ1n) is 19.9. The van der Waals surface area contributed by atoms with Crippen molar-refractivity contribution in [1.29, 1.82) is 0 Å². The average Bonchev–Trinajstić information content (AvgIpc) is 3.57. The van der Waals surface area contributed by atoms with E-state index in [1.54, 1.807) is 0 Å². The molecule has 4 saturated heterocycles. The number of aliphatic hydroxyl groups excluding tert-OH is 7. The molecule has 0 radical (unpaired) electrons. The summed E-state index contributed by atoms with van der Waals surface area (Å²) in [6, 6.07) is 0. The second-order valence-electron chi connectivity index (χ2n) is 18.1. The third-order valence-electron chi connectivity index (χ3n) is 15.8. The van der Waals surface area contributed by atoms with E-state index in [0.717, 1.165) is 51.6 Å². The van der Waals surface area contributed by atoms with Gasteiger partial charge in [0.2, 0.25) is 0 Å². The molecule has 13 heteroatoms. The van der Waals surface area contributed by atoms with Crippen LogP contribution in [-0.2, 0) is 28.4 Å². The smallest absolute Gasteiger partial charge is 0.187 e. The molecule has 0 aromatic rings. The Balaban J connectivity index is 0.895. The van der Waals surface area contributed by atoms with E-state index in [2.05, 4.69) is 20.8 Å². The molecule has 0 unspecified atom stereocenters. The van der Waals surface area contributed by atoms with Gasteiger partial charge in [0.25, 0.3) is 0 Å². The number of hydrogen-bond acceptors (Lipinski definition) is 13. The first-order valence-corrected chi connectivity index (χ1v) is 19.9. The van der Waals surface area contributed by atoms with E-state index in [9.17, 15) is 35.7 Å². The van der Waals surface area contributed by atoms with Crippen LogP contribution >= 0.6 is 0 Å². The van der Waals surface area contributed by atoms with Gasteiger partial charge in [0.15, 0.2) is 18.4 Å². The van der Waals surface area contributed by atoms with Crippen LogP contribution in [0.1, 0.15) is 91.4 Å². The highest BCUT2D eigenvalue weighted by Gasteiger charge is 2.69. The van der Waals surface area contributed by atoms with Crippen molar-refractivity contribution in [2.24, 2.45) is 46.3 Å². The van der Waals surface area contributed by atoms with Crippen LogP contribution in [0.4, 0.5) is 0 Å². The van der Waals surface area contributed by atoms with Crippen molar-refractivity contribution >= 4 is 0 Å². The van der Waals surface area contributed by atoms with E-state index in [1.807, 2.05) is 0 Å². The molecule has 4 heterocycles. The van der Waals surface area contributed by atoms with Gasteiger partial charge in [-0.25, -0.2) is 0 Å². The molecule has 0 bridgehead atoms. The van der Waals surface area contributed by atoms with Crippen molar-refractivity contribution in [3.63, 3.8) is 0 Å². The van der Waals surface area contributed by atoms with E-state index in [1.165, 1.54) is 25.7 Å².